The highest BCUT2D eigenvalue weighted by molar-refractivity contribution is 5.94. The Balaban J connectivity index is 1.59. The lowest BCUT2D eigenvalue weighted by Gasteiger charge is -2.37. The second-order valence-corrected chi connectivity index (χ2v) is 6.77. The molecule has 0 unspecified atom stereocenters. The summed E-state index contributed by atoms with van der Waals surface area (Å²) in [5.41, 5.74) is 1.90. The van der Waals surface area contributed by atoms with E-state index in [4.69, 9.17) is 0 Å². The largest absolute Gasteiger partial charge is 0.371 e. The van der Waals surface area contributed by atoms with E-state index in [9.17, 15) is 4.79 Å². The van der Waals surface area contributed by atoms with Gasteiger partial charge in [0.2, 0.25) is 0 Å². The van der Waals surface area contributed by atoms with Crippen molar-refractivity contribution in [2.24, 2.45) is 0 Å². The number of aromatic nitrogens is 1. The van der Waals surface area contributed by atoms with Crippen molar-refractivity contribution in [1.29, 1.82) is 0 Å². The first kappa shape index (κ1) is 17.3. The summed E-state index contributed by atoms with van der Waals surface area (Å²) in [7, 11) is 6.02. The third kappa shape index (κ3) is 3.92. The van der Waals surface area contributed by atoms with Gasteiger partial charge in [0.15, 0.2) is 0 Å². The number of carbonyl (C=O) groups excluding carboxylic acids is 1. The molecule has 0 bridgehead atoms. The fraction of sp³-hybridized carbons (Fsp3) is 0.400. The molecule has 1 aliphatic heterocycles. The van der Waals surface area contributed by atoms with Crippen LogP contribution in [0.25, 0.3) is 0 Å². The van der Waals surface area contributed by atoms with Crippen molar-refractivity contribution in [3.05, 3.63) is 54.2 Å². The van der Waals surface area contributed by atoms with Crippen LogP contribution in [0.5, 0.6) is 0 Å². The van der Waals surface area contributed by atoms with Crippen molar-refractivity contribution in [1.82, 2.24) is 9.88 Å². The van der Waals surface area contributed by atoms with Gasteiger partial charge in [0.1, 0.15) is 5.82 Å². The van der Waals surface area contributed by atoms with Crippen LogP contribution in [0.1, 0.15) is 23.2 Å². The fourth-order valence-electron chi connectivity index (χ4n) is 3.29. The molecule has 132 valence electrons. The molecule has 0 N–H and O–H groups in total. The maximum Gasteiger partial charge on any atom is 0.255 e. The molecular formula is C20H26N4O. The first-order chi connectivity index (χ1) is 12.1. The van der Waals surface area contributed by atoms with E-state index in [2.05, 4.69) is 41.2 Å². The first-order valence-electron chi connectivity index (χ1n) is 8.77. The van der Waals surface area contributed by atoms with Gasteiger partial charge in [-0.05, 0) is 37.1 Å². The summed E-state index contributed by atoms with van der Waals surface area (Å²) in [4.78, 5) is 23.2. The molecule has 3 rings (SSSR count). The number of nitrogens with zero attached hydrogens (tertiary/aromatic N) is 4. The van der Waals surface area contributed by atoms with E-state index < -0.39 is 0 Å². The standard InChI is InChI=1S/C20H26N4O/c1-22(2)19-10-9-16(15-21-19)20(25)24-13-11-18(12-14-24)23(3)17-7-5-4-6-8-17/h4-10,15,18H,11-14H2,1-3H3. The van der Waals surface area contributed by atoms with Gasteiger partial charge in [0.05, 0.1) is 5.56 Å². The van der Waals surface area contributed by atoms with E-state index in [0.717, 1.165) is 31.7 Å². The Morgan fingerprint density at radius 3 is 2.28 bits per heavy atom. The molecule has 0 saturated carbocycles. The highest BCUT2D eigenvalue weighted by Gasteiger charge is 2.26. The van der Waals surface area contributed by atoms with Gasteiger partial charge in [0.25, 0.3) is 5.91 Å². The zero-order valence-electron chi connectivity index (χ0n) is 15.2. The molecule has 0 aliphatic carbocycles. The molecule has 25 heavy (non-hydrogen) atoms. The number of hydrogen-bond donors (Lipinski definition) is 0. The summed E-state index contributed by atoms with van der Waals surface area (Å²) in [5, 5.41) is 0. The number of carbonyl (C=O) groups is 1. The molecule has 0 spiro atoms. The summed E-state index contributed by atoms with van der Waals surface area (Å²) >= 11 is 0. The second-order valence-electron chi connectivity index (χ2n) is 6.77. The quantitative estimate of drug-likeness (QED) is 0.859. The normalized spacial score (nSPS) is 15.1. The monoisotopic (exact) mass is 338 g/mol. The van der Waals surface area contributed by atoms with E-state index in [1.54, 1.807) is 6.20 Å². The lowest BCUT2D eigenvalue weighted by Crippen LogP contribution is -2.45. The number of hydrogen-bond acceptors (Lipinski definition) is 4. The van der Waals surface area contributed by atoms with Crippen molar-refractivity contribution in [3.8, 4) is 0 Å². The van der Waals surface area contributed by atoms with Crippen LogP contribution in [0.2, 0.25) is 0 Å². The number of piperidine rings is 1. The Kier molecular flexibility index (Phi) is 5.22. The van der Waals surface area contributed by atoms with Gasteiger partial charge in [-0.25, -0.2) is 4.98 Å². The molecule has 5 heteroatoms. The Morgan fingerprint density at radius 2 is 1.72 bits per heavy atom. The highest BCUT2D eigenvalue weighted by atomic mass is 16.2. The van der Waals surface area contributed by atoms with Crippen LogP contribution in [0, 0.1) is 0 Å². The van der Waals surface area contributed by atoms with Gasteiger partial charge < -0.3 is 14.7 Å². The Labute approximate surface area is 149 Å². The predicted octanol–water partition coefficient (Wildman–Crippen LogP) is 2.89. The smallest absolute Gasteiger partial charge is 0.255 e. The van der Waals surface area contributed by atoms with Crippen LogP contribution in [0.3, 0.4) is 0 Å². The van der Waals surface area contributed by atoms with Crippen molar-refractivity contribution in [3.63, 3.8) is 0 Å². The number of rotatable bonds is 4. The minimum atomic E-state index is 0.0821. The summed E-state index contributed by atoms with van der Waals surface area (Å²) in [6.45, 7) is 1.58. The highest BCUT2D eigenvalue weighted by Crippen LogP contribution is 2.22. The summed E-state index contributed by atoms with van der Waals surface area (Å²) in [6.07, 6.45) is 3.65. The average molecular weight is 338 g/mol. The van der Waals surface area contributed by atoms with Crippen LogP contribution < -0.4 is 9.80 Å². The van der Waals surface area contributed by atoms with Gasteiger partial charge in [0, 0.05) is 52.2 Å². The van der Waals surface area contributed by atoms with E-state index in [-0.39, 0.29) is 5.91 Å². The topological polar surface area (TPSA) is 39.7 Å². The van der Waals surface area contributed by atoms with Crippen molar-refractivity contribution < 1.29 is 4.79 Å². The van der Waals surface area contributed by atoms with E-state index in [0.29, 0.717) is 11.6 Å². The van der Waals surface area contributed by atoms with Crippen LogP contribution in [-0.4, -0.2) is 56.1 Å². The number of amides is 1. The molecule has 1 fully saturated rings. The molecule has 1 aliphatic rings. The van der Waals surface area contributed by atoms with Gasteiger partial charge in [-0.2, -0.15) is 0 Å². The minimum Gasteiger partial charge on any atom is -0.371 e. The van der Waals surface area contributed by atoms with Crippen LogP contribution in [0.4, 0.5) is 11.5 Å². The third-order valence-electron chi connectivity index (χ3n) is 4.92. The second kappa shape index (κ2) is 7.55. The van der Waals surface area contributed by atoms with E-state index in [1.165, 1.54) is 5.69 Å². The number of benzene rings is 1. The molecule has 1 amide bonds. The molecule has 2 aromatic rings. The third-order valence-corrected chi connectivity index (χ3v) is 4.92. The zero-order chi connectivity index (χ0) is 17.8. The Hall–Kier alpha value is -2.56. The molecule has 0 radical (unpaired) electrons. The molecular weight excluding hydrogens is 312 g/mol. The predicted molar refractivity (Wildman–Crippen MR) is 102 cm³/mol. The van der Waals surface area contributed by atoms with Gasteiger partial charge in [-0.3, -0.25) is 4.79 Å². The number of para-hydroxylation sites is 1. The lowest BCUT2D eigenvalue weighted by molar-refractivity contribution is 0.0713. The van der Waals surface area contributed by atoms with Crippen LogP contribution >= 0.6 is 0 Å². The summed E-state index contributed by atoms with van der Waals surface area (Å²) in [6, 6.07) is 14.7. The Bertz CT molecular complexity index is 691. The number of anilines is 2. The first-order valence-corrected chi connectivity index (χ1v) is 8.77. The number of likely N-dealkylation sites (tertiary alicyclic amines) is 1. The average Bonchev–Trinajstić information content (AvgIpc) is 2.67. The summed E-state index contributed by atoms with van der Waals surface area (Å²) < 4.78 is 0. The molecule has 5 nitrogen and oxygen atoms in total. The molecule has 1 saturated heterocycles. The van der Waals surface area contributed by atoms with Crippen LogP contribution in [-0.2, 0) is 0 Å². The molecule has 0 atom stereocenters. The molecule has 2 heterocycles. The van der Waals surface area contributed by atoms with Crippen LogP contribution in [0.15, 0.2) is 48.7 Å². The number of pyridine rings is 1. The zero-order valence-corrected chi connectivity index (χ0v) is 15.2. The minimum absolute atomic E-state index is 0.0821. The maximum absolute atomic E-state index is 12.7. The van der Waals surface area contributed by atoms with Crippen molar-refractivity contribution in [2.45, 2.75) is 18.9 Å². The SMILES string of the molecule is CN(C)c1ccc(C(=O)N2CCC(N(C)c3ccccc3)CC2)cn1. The van der Waals surface area contributed by atoms with Gasteiger partial charge in [-0.1, -0.05) is 18.2 Å². The van der Waals surface area contributed by atoms with Crippen molar-refractivity contribution >= 4 is 17.4 Å². The molecule has 1 aromatic carbocycles. The van der Waals surface area contributed by atoms with E-state index >= 15 is 0 Å². The van der Waals surface area contributed by atoms with Gasteiger partial charge >= 0.3 is 0 Å². The fourth-order valence-corrected chi connectivity index (χ4v) is 3.29. The lowest BCUT2D eigenvalue weighted by atomic mass is 10.0. The van der Waals surface area contributed by atoms with E-state index in [1.807, 2.05) is 42.1 Å². The Morgan fingerprint density at radius 1 is 1.04 bits per heavy atom. The maximum atomic E-state index is 12.7. The summed E-state index contributed by atoms with van der Waals surface area (Å²) in [5.74, 6) is 0.943. The van der Waals surface area contributed by atoms with Crippen molar-refractivity contribution in [2.75, 3.05) is 44.0 Å². The molecule has 1 aromatic heterocycles. The van der Waals surface area contributed by atoms with Gasteiger partial charge in [-0.15, -0.1) is 0 Å².